The lowest BCUT2D eigenvalue weighted by Gasteiger charge is -2.09. The van der Waals surface area contributed by atoms with Gasteiger partial charge in [0.25, 0.3) is 0 Å². The fourth-order valence-electron chi connectivity index (χ4n) is 2.11. The normalized spacial score (nSPS) is 12.1. The van der Waals surface area contributed by atoms with Crippen molar-refractivity contribution in [3.05, 3.63) is 0 Å². The monoisotopic (exact) mass is 300 g/mol. The molecule has 0 saturated carbocycles. The first kappa shape index (κ1) is 20.3. The molecule has 3 heteroatoms. The molecule has 0 aliphatic heterocycles. The number of ether oxygens (including phenoxy) is 2. The maximum atomic E-state index is 11.3. The Kier molecular flexibility index (Phi) is 15.1. The third-order valence-electron chi connectivity index (χ3n) is 3.90. The minimum atomic E-state index is -0.508. The fourth-order valence-corrected chi connectivity index (χ4v) is 2.11. The van der Waals surface area contributed by atoms with Crippen LogP contribution in [0.2, 0.25) is 0 Å². The summed E-state index contributed by atoms with van der Waals surface area (Å²) in [4.78, 5) is 11.3. The second-order valence-corrected chi connectivity index (χ2v) is 6.10. The predicted molar refractivity (Wildman–Crippen MR) is 88.6 cm³/mol. The van der Waals surface area contributed by atoms with Gasteiger partial charge in [0.2, 0.25) is 0 Å². The highest BCUT2D eigenvalue weighted by atomic mass is 16.7. The molecule has 0 aliphatic carbocycles. The van der Waals surface area contributed by atoms with E-state index in [9.17, 15) is 4.79 Å². The smallest absolute Gasteiger partial charge is 0.434 e. The number of hydrogen-bond donors (Lipinski definition) is 0. The second kappa shape index (κ2) is 15.7. The van der Waals surface area contributed by atoms with E-state index in [-0.39, 0.29) is 0 Å². The molecule has 0 aliphatic rings. The first-order chi connectivity index (χ1) is 10.2. The summed E-state index contributed by atoms with van der Waals surface area (Å²) in [5.74, 6) is 0.412. The SMILES string of the molecule is CCCCCCCCCCCCOC(=O)OCC(C)CC. The van der Waals surface area contributed by atoms with Crippen molar-refractivity contribution < 1.29 is 14.3 Å². The highest BCUT2D eigenvalue weighted by molar-refractivity contribution is 5.59. The van der Waals surface area contributed by atoms with Crippen LogP contribution in [0.25, 0.3) is 0 Å². The molecular formula is C18H36O3. The van der Waals surface area contributed by atoms with Crippen molar-refractivity contribution in [1.82, 2.24) is 0 Å². The molecule has 126 valence electrons. The van der Waals surface area contributed by atoms with Crippen LogP contribution >= 0.6 is 0 Å². The topological polar surface area (TPSA) is 35.5 Å². The van der Waals surface area contributed by atoms with Crippen molar-refractivity contribution >= 4 is 6.16 Å². The summed E-state index contributed by atoms with van der Waals surface area (Å²) in [6, 6.07) is 0. The molecule has 0 aromatic heterocycles. The maximum Gasteiger partial charge on any atom is 0.508 e. The van der Waals surface area contributed by atoms with Crippen LogP contribution in [-0.4, -0.2) is 19.4 Å². The third-order valence-corrected chi connectivity index (χ3v) is 3.90. The van der Waals surface area contributed by atoms with Crippen molar-refractivity contribution in [3.8, 4) is 0 Å². The average molecular weight is 300 g/mol. The molecular weight excluding hydrogens is 264 g/mol. The number of rotatable bonds is 14. The third kappa shape index (κ3) is 15.5. The molecule has 21 heavy (non-hydrogen) atoms. The second-order valence-electron chi connectivity index (χ2n) is 6.10. The molecule has 1 unspecified atom stereocenters. The van der Waals surface area contributed by atoms with Crippen LogP contribution in [-0.2, 0) is 9.47 Å². The zero-order valence-electron chi connectivity index (χ0n) is 14.5. The van der Waals surface area contributed by atoms with Gasteiger partial charge in [0, 0.05) is 0 Å². The van der Waals surface area contributed by atoms with E-state index in [1.807, 2.05) is 0 Å². The van der Waals surface area contributed by atoms with Gasteiger partial charge in [-0.2, -0.15) is 0 Å². The lowest BCUT2D eigenvalue weighted by molar-refractivity contribution is 0.0445. The minimum Gasteiger partial charge on any atom is -0.434 e. The summed E-state index contributed by atoms with van der Waals surface area (Å²) in [6.07, 6.45) is 13.4. The van der Waals surface area contributed by atoms with Crippen molar-refractivity contribution in [2.24, 2.45) is 5.92 Å². The van der Waals surface area contributed by atoms with E-state index in [2.05, 4.69) is 20.8 Å². The first-order valence-corrected chi connectivity index (χ1v) is 9.00. The van der Waals surface area contributed by atoms with Gasteiger partial charge < -0.3 is 9.47 Å². The molecule has 0 N–H and O–H groups in total. The predicted octanol–water partition coefficient (Wildman–Crippen LogP) is 6.11. The Morgan fingerprint density at radius 3 is 1.86 bits per heavy atom. The summed E-state index contributed by atoms with van der Waals surface area (Å²) in [6.45, 7) is 7.37. The number of carbonyl (C=O) groups is 1. The van der Waals surface area contributed by atoms with E-state index in [1.165, 1.54) is 51.4 Å². The molecule has 0 aromatic carbocycles. The van der Waals surface area contributed by atoms with Gasteiger partial charge in [-0.25, -0.2) is 4.79 Å². The Morgan fingerprint density at radius 2 is 1.33 bits per heavy atom. The fraction of sp³-hybridized carbons (Fsp3) is 0.944. The zero-order valence-corrected chi connectivity index (χ0v) is 14.5. The van der Waals surface area contributed by atoms with Crippen molar-refractivity contribution in [2.45, 2.75) is 91.4 Å². The summed E-state index contributed by atoms with van der Waals surface area (Å²) in [5, 5.41) is 0. The Morgan fingerprint density at radius 1 is 0.810 bits per heavy atom. The largest absolute Gasteiger partial charge is 0.508 e. The van der Waals surface area contributed by atoms with Gasteiger partial charge in [-0.3, -0.25) is 0 Å². The maximum absolute atomic E-state index is 11.3. The quantitative estimate of drug-likeness (QED) is 0.287. The molecule has 0 heterocycles. The average Bonchev–Trinajstić information content (AvgIpc) is 2.50. The van der Waals surface area contributed by atoms with Crippen LogP contribution in [0.3, 0.4) is 0 Å². The Balaban J connectivity index is 3.16. The van der Waals surface area contributed by atoms with Gasteiger partial charge in [0.15, 0.2) is 0 Å². The highest BCUT2D eigenvalue weighted by Gasteiger charge is 2.06. The summed E-state index contributed by atoms with van der Waals surface area (Å²) in [5.41, 5.74) is 0. The van der Waals surface area contributed by atoms with Gasteiger partial charge in [-0.05, 0) is 12.3 Å². The van der Waals surface area contributed by atoms with E-state index in [4.69, 9.17) is 9.47 Å². The molecule has 0 bridgehead atoms. The Hall–Kier alpha value is -0.730. The van der Waals surface area contributed by atoms with Gasteiger partial charge in [0.05, 0.1) is 13.2 Å². The van der Waals surface area contributed by atoms with Crippen LogP contribution in [0.15, 0.2) is 0 Å². The summed E-state index contributed by atoms with van der Waals surface area (Å²) >= 11 is 0. The molecule has 0 aromatic rings. The van der Waals surface area contributed by atoms with Gasteiger partial charge in [0.1, 0.15) is 0 Å². The van der Waals surface area contributed by atoms with Crippen molar-refractivity contribution in [2.75, 3.05) is 13.2 Å². The van der Waals surface area contributed by atoms with Crippen LogP contribution in [0.4, 0.5) is 4.79 Å². The summed E-state index contributed by atoms with van der Waals surface area (Å²) in [7, 11) is 0. The van der Waals surface area contributed by atoms with E-state index in [0.29, 0.717) is 19.1 Å². The Bertz CT molecular complexity index is 229. The van der Waals surface area contributed by atoms with E-state index in [0.717, 1.165) is 19.3 Å². The molecule has 0 fully saturated rings. The number of carbonyl (C=O) groups excluding carboxylic acids is 1. The number of hydrogen-bond acceptors (Lipinski definition) is 3. The standard InChI is InChI=1S/C18H36O3/c1-4-6-7-8-9-10-11-12-13-14-15-20-18(19)21-16-17(3)5-2/h17H,4-16H2,1-3H3. The van der Waals surface area contributed by atoms with Crippen molar-refractivity contribution in [3.63, 3.8) is 0 Å². The zero-order chi connectivity index (χ0) is 15.8. The van der Waals surface area contributed by atoms with Crippen LogP contribution in [0.1, 0.15) is 91.4 Å². The molecule has 1 atom stereocenters. The lowest BCUT2D eigenvalue weighted by atomic mass is 10.1. The minimum absolute atomic E-state index is 0.412. The van der Waals surface area contributed by atoms with Crippen LogP contribution in [0, 0.1) is 5.92 Å². The number of unbranched alkanes of at least 4 members (excludes halogenated alkanes) is 9. The molecule has 3 nitrogen and oxygen atoms in total. The molecule has 0 saturated heterocycles. The van der Waals surface area contributed by atoms with E-state index in [1.54, 1.807) is 0 Å². The van der Waals surface area contributed by atoms with Crippen LogP contribution < -0.4 is 0 Å². The van der Waals surface area contributed by atoms with Gasteiger partial charge in [-0.15, -0.1) is 0 Å². The van der Waals surface area contributed by atoms with Gasteiger partial charge >= 0.3 is 6.16 Å². The van der Waals surface area contributed by atoms with E-state index >= 15 is 0 Å². The first-order valence-electron chi connectivity index (χ1n) is 9.00. The van der Waals surface area contributed by atoms with Crippen LogP contribution in [0.5, 0.6) is 0 Å². The summed E-state index contributed by atoms with van der Waals surface area (Å²) < 4.78 is 10.1. The van der Waals surface area contributed by atoms with Gasteiger partial charge in [-0.1, -0.05) is 85.0 Å². The molecule has 0 amide bonds. The lowest BCUT2D eigenvalue weighted by Crippen LogP contribution is -2.13. The molecule has 0 spiro atoms. The molecule has 0 rings (SSSR count). The van der Waals surface area contributed by atoms with Crippen molar-refractivity contribution in [1.29, 1.82) is 0 Å². The molecule has 0 radical (unpaired) electrons. The highest BCUT2D eigenvalue weighted by Crippen LogP contribution is 2.10. The Labute approximate surface area is 131 Å². The van der Waals surface area contributed by atoms with E-state index < -0.39 is 6.16 Å².